The molecule has 0 saturated carbocycles. The molecule has 0 bridgehead atoms. The van der Waals surface area contributed by atoms with Crippen LogP contribution in [0.5, 0.6) is 5.75 Å². The van der Waals surface area contributed by atoms with Gasteiger partial charge in [-0.25, -0.2) is 8.42 Å². The number of anilines is 2. The molecule has 0 unspecified atom stereocenters. The molecule has 8 nitrogen and oxygen atoms in total. The van der Waals surface area contributed by atoms with E-state index in [0.29, 0.717) is 27.3 Å². The summed E-state index contributed by atoms with van der Waals surface area (Å²) in [6, 6.07) is 12.4. The zero-order valence-electron chi connectivity index (χ0n) is 15.0. The minimum Gasteiger partial charge on any atom is -0.497 e. The Morgan fingerprint density at radius 3 is 2.21 bits per heavy atom. The molecule has 0 saturated heterocycles. The number of ether oxygens (including phenoxy) is 1. The van der Waals surface area contributed by atoms with Crippen molar-refractivity contribution in [1.29, 1.82) is 0 Å². The number of hydrogen-bond donors (Lipinski definition) is 2. The summed E-state index contributed by atoms with van der Waals surface area (Å²) in [6.07, 6.45) is 1.52. The van der Waals surface area contributed by atoms with Gasteiger partial charge in [-0.1, -0.05) is 0 Å². The predicted molar refractivity (Wildman–Crippen MR) is 109 cm³/mol. The highest BCUT2D eigenvalue weighted by Gasteiger charge is 2.17. The zero-order chi connectivity index (χ0) is 20.3. The third-order valence-electron chi connectivity index (χ3n) is 3.87. The van der Waals surface area contributed by atoms with Crippen LogP contribution in [-0.4, -0.2) is 31.2 Å². The lowest BCUT2D eigenvalue weighted by Gasteiger charge is -2.10. The number of carbonyl (C=O) groups is 1. The van der Waals surface area contributed by atoms with Crippen molar-refractivity contribution < 1.29 is 17.9 Å². The summed E-state index contributed by atoms with van der Waals surface area (Å²) in [5, 5.41) is 6.70. The molecule has 0 spiro atoms. The molecule has 3 rings (SSSR count). The van der Waals surface area contributed by atoms with Gasteiger partial charge in [0.1, 0.15) is 11.4 Å². The van der Waals surface area contributed by atoms with Crippen molar-refractivity contribution in [3.8, 4) is 5.75 Å². The largest absolute Gasteiger partial charge is 0.497 e. The normalized spacial score (nSPS) is 11.1. The van der Waals surface area contributed by atoms with Crippen LogP contribution in [-0.2, 0) is 17.1 Å². The van der Waals surface area contributed by atoms with Crippen molar-refractivity contribution in [2.24, 2.45) is 7.05 Å². The van der Waals surface area contributed by atoms with Gasteiger partial charge in [0, 0.05) is 18.4 Å². The second-order valence-electron chi connectivity index (χ2n) is 5.78. The van der Waals surface area contributed by atoms with Gasteiger partial charge >= 0.3 is 0 Å². The molecular formula is C18H17BrN4O4S. The van der Waals surface area contributed by atoms with Crippen LogP contribution < -0.4 is 14.8 Å². The number of sulfonamides is 1. The molecule has 28 heavy (non-hydrogen) atoms. The Morgan fingerprint density at radius 1 is 1.07 bits per heavy atom. The van der Waals surface area contributed by atoms with E-state index < -0.39 is 10.0 Å². The standard InChI is InChI=1S/C18H17BrN4O4S/c1-23-17(16(19)11-20-23)18(24)21-12-5-9-15(10-6-12)28(25,26)22-13-3-7-14(27-2)8-4-13/h3-11,22H,1-2H3,(H,21,24). The second-order valence-corrected chi connectivity index (χ2v) is 8.31. The van der Waals surface area contributed by atoms with Crippen molar-refractivity contribution in [3.63, 3.8) is 0 Å². The number of rotatable bonds is 6. The molecule has 3 aromatic rings. The summed E-state index contributed by atoms with van der Waals surface area (Å²) in [4.78, 5) is 12.4. The summed E-state index contributed by atoms with van der Waals surface area (Å²) < 4.78 is 34.6. The molecule has 0 aliphatic heterocycles. The monoisotopic (exact) mass is 464 g/mol. The van der Waals surface area contributed by atoms with E-state index in [1.54, 1.807) is 31.3 Å². The second kappa shape index (κ2) is 8.03. The van der Waals surface area contributed by atoms with Crippen molar-refractivity contribution in [2.45, 2.75) is 4.90 Å². The molecule has 2 N–H and O–H groups in total. The Morgan fingerprint density at radius 2 is 1.68 bits per heavy atom. The summed E-state index contributed by atoms with van der Waals surface area (Å²) in [5.41, 5.74) is 1.23. The first-order chi connectivity index (χ1) is 13.3. The summed E-state index contributed by atoms with van der Waals surface area (Å²) >= 11 is 3.27. The number of aryl methyl sites for hydroxylation is 1. The Kier molecular flexibility index (Phi) is 5.71. The Bertz CT molecular complexity index is 1070. The highest BCUT2D eigenvalue weighted by molar-refractivity contribution is 9.10. The van der Waals surface area contributed by atoms with E-state index in [2.05, 4.69) is 31.1 Å². The minimum absolute atomic E-state index is 0.0723. The first-order valence-electron chi connectivity index (χ1n) is 8.06. The van der Waals surface area contributed by atoms with Gasteiger partial charge in [-0.15, -0.1) is 0 Å². The summed E-state index contributed by atoms with van der Waals surface area (Å²) in [5.74, 6) is 0.266. The molecule has 0 fully saturated rings. The maximum absolute atomic E-state index is 12.5. The highest BCUT2D eigenvalue weighted by atomic mass is 79.9. The number of nitrogens with one attached hydrogen (secondary N) is 2. The molecule has 0 aliphatic carbocycles. The number of amides is 1. The molecular weight excluding hydrogens is 448 g/mol. The molecule has 1 amide bonds. The SMILES string of the molecule is COc1ccc(NS(=O)(=O)c2ccc(NC(=O)c3c(Br)cnn3C)cc2)cc1. The Hall–Kier alpha value is -2.85. The van der Waals surface area contributed by atoms with Crippen LogP contribution in [0.3, 0.4) is 0 Å². The first-order valence-corrected chi connectivity index (χ1v) is 10.3. The number of nitrogens with zero attached hydrogens (tertiary/aromatic N) is 2. The van der Waals surface area contributed by atoms with Gasteiger partial charge in [0.2, 0.25) is 0 Å². The molecule has 10 heteroatoms. The zero-order valence-corrected chi connectivity index (χ0v) is 17.4. The molecule has 2 aromatic carbocycles. The lowest BCUT2D eigenvalue weighted by molar-refractivity contribution is 0.101. The number of methoxy groups -OCH3 is 1. The van der Waals surface area contributed by atoms with Gasteiger partial charge in [-0.05, 0) is 64.5 Å². The van der Waals surface area contributed by atoms with E-state index in [1.165, 1.54) is 42.3 Å². The number of halogens is 1. The third-order valence-corrected chi connectivity index (χ3v) is 5.85. The lowest BCUT2D eigenvalue weighted by atomic mass is 10.3. The molecule has 1 aromatic heterocycles. The molecule has 0 atom stereocenters. The summed E-state index contributed by atoms with van der Waals surface area (Å²) in [6.45, 7) is 0. The first kappa shape index (κ1) is 19.9. The van der Waals surface area contributed by atoms with Gasteiger partial charge in [0.05, 0.1) is 22.7 Å². The van der Waals surface area contributed by atoms with Crippen LogP contribution in [0.4, 0.5) is 11.4 Å². The van der Waals surface area contributed by atoms with Crippen LogP contribution in [0.25, 0.3) is 0 Å². The van der Waals surface area contributed by atoms with Crippen LogP contribution >= 0.6 is 15.9 Å². The predicted octanol–water partition coefficient (Wildman–Crippen LogP) is 3.24. The van der Waals surface area contributed by atoms with E-state index in [4.69, 9.17) is 4.74 Å². The van der Waals surface area contributed by atoms with E-state index >= 15 is 0 Å². The fourth-order valence-electron chi connectivity index (χ4n) is 2.45. The minimum atomic E-state index is -3.76. The van der Waals surface area contributed by atoms with E-state index in [1.807, 2.05) is 0 Å². The van der Waals surface area contributed by atoms with Gasteiger partial charge in [0.25, 0.3) is 15.9 Å². The van der Waals surface area contributed by atoms with Crippen LogP contribution in [0.15, 0.2) is 64.1 Å². The average molecular weight is 465 g/mol. The average Bonchev–Trinajstić information content (AvgIpc) is 3.01. The Labute approximate surface area is 170 Å². The van der Waals surface area contributed by atoms with E-state index in [-0.39, 0.29) is 10.8 Å². The fraction of sp³-hybridized carbons (Fsp3) is 0.111. The molecule has 1 heterocycles. The van der Waals surface area contributed by atoms with Crippen molar-refractivity contribution in [1.82, 2.24) is 9.78 Å². The number of hydrogen-bond acceptors (Lipinski definition) is 5. The highest BCUT2D eigenvalue weighted by Crippen LogP contribution is 2.21. The van der Waals surface area contributed by atoms with Crippen molar-refractivity contribution >= 4 is 43.2 Å². The molecule has 146 valence electrons. The molecule has 0 radical (unpaired) electrons. The maximum Gasteiger partial charge on any atom is 0.275 e. The number of benzene rings is 2. The van der Waals surface area contributed by atoms with Gasteiger partial charge in [-0.3, -0.25) is 14.2 Å². The topological polar surface area (TPSA) is 102 Å². The van der Waals surface area contributed by atoms with Crippen molar-refractivity contribution in [3.05, 3.63) is 64.9 Å². The third kappa shape index (κ3) is 4.34. The molecule has 0 aliphatic rings. The fourth-order valence-corrected chi connectivity index (χ4v) is 4.03. The number of aromatic nitrogens is 2. The van der Waals surface area contributed by atoms with Gasteiger partial charge in [-0.2, -0.15) is 5.10 Å². The lowest BCUT2D eigenvalue weighted by Crippen LogP contribution is -2.17. The van der Waals surface area contributed by atoms with Crippen LogP contribution in [0, 0.1) is 0 Å². The Balaban J connectivity index is 1.73. The van der Waals surface area contributed by atoms with Gasteiger partial charge in [0.15, 0.2) is 0 Å². The van der Waals surface area contributed by atoms with Crippen molar-refractivity contribution in [2.75, 3.05) is 17.1 Å². The summed E-state index contributed by atoms with van der Waals surface area (Å²) in [7, 11) is -0.573. The van der Waals surface area contributed by atoms with E-state index in [0.717, 1.165) is 0 Å². The van der Waals surface area contributed by atoms with Gasteiger partial charge < -0.3 is 10.1 Å². The maximum atomic E-state index is 12.5. The number of carbonyl (C=O) groups excluding carboxylic acids is 1. The van der Waals surface area contributed by atoms with Crippen LogP contribution in [0.2, 0.25) is 0 Å². The van der Waals surface area contributed by atoms with E-state index in [9.17, 15) is 13.2 Å². The quantitative estimate of drug-likeness (QED) is 0.582. The van der Waals surface area contributed by atoms with Crippen LogP contribution in [0.1, 0.15) is 10.5 Å². The smallest absolute Gasteiger partial charge is 0.275 e.